The van der Waals surface area contributed by atoms with Crippen LogP contribution in [0.1, 0.15) is 21.7 Å². The molecule has 0 fully saturated rings. The first kappa shape index (κ1) is 11.2. The molecular formula is C14H12N2O. The topological polar surface area (TPSA) is 26.4 Å². The third-order valence-corrected chi connectivity index (χ3v) is 2.90. The van der Waals surface area contributed by atoms with E-state index in [9.17, 15) is 4.79 Å². The van der Waals surface area contributed by atoms with Gasteiger partial charge in [0.2, 0.25) is 11.5 Å². The van der Waals surface area contributed by atoms with E-state index in [1.54, 1.807) is 29.8 Å². The lowest BCUT2D eigenvalue weighted by atomic mass is 10.1. The number of nitrogens with zero attached hydrogens (tertiary/aromatic N) is 2. The summed E-state index contributed by atoms with van der Waals surface area (Å²) in [5.74, 6) is -0.0499. The summed E-state index contributed by atoms with van der Waals surface area (Å²) in [7, 11) is 1.81. The zero-order valence-corrected chi connectivity index (χ0v) is 9.77. The number of ketones is 1. The molecule has 3 nitrogen and oxygen atoms in total. The minimum Gasteiger partial charge on any atom is -0.356 e. The Morgan fingerprint density at radius 1 is 1.29 bits per heavy atom. The molecule has 0 radical (unpaired) electrons. The zero-order chi connectivity index (χ0) is 12.4. The molecule has 1 aromatic heterocycles. The van der Waals surface area contributed by atoms with Gasteiger partial charge in [-0.3, -0.25) is 4.79 Å². The Hall–Kier alpha value is -2.34. The Labute approximate surface area is 100 Å². The third kappa shape index (κ3) is 1.85. The Morgan fingerprint density at radius 3 is 2.47 bits per heavy atom. The first-order valence-electron chi connectivity index (χ1n) is 5.28. The molecule has 0 saturated carbocycles. The first-order valence-corrected chi connectivity index (χ1v) is 5.28. The van der Waals surface area contributed by atoms with Gasteiger partial charge in [-0.25, -0.2) is 4.85 Å². The van der Waals surface area contributed by atoms with E-state index in [4.69, 9.17) is 6.57 Å². The number of rotatable bonds is 2. The highest BCUT2D eigenvalue weighted by Crippen LogP contribution is 2.24. The second kappa shape index (κ2) is 4.26. The molecule has 2 rings (SSSR count). The van der Waals surface area contributed by atoms with Gasteiger partial charge in [-0.05, 0) is 13.0 Å². The summed E-state index contributed by atoms with van der Waals surface area (Å²) >= 11 is 0. The van der Waals surface area contributed by atoms with E-state index >= 15 is 0 Å². The van der Waals surface area contributed by atoms with E-state index in [1.165, 1.54) is 0 Å². The van der Waals surface area contributed by atoms with Gasteiger partial charge >= 0.3 is 0 Å². The highest BCUT2D eigenvalue weighted by atomic mass is 16.1. The molecule has 3 heteroatoms. The molecule has 2 aromatic rings. The number of benzene rings is 1. The highest BCUT2D eigenvalue weighted by Gasteiger charge is 2.16. The first-order chi connectivity index (χ1) is 8.15. The van der Waals surface area contributed by atoms with Crippen molar-refractivity contribution in [1.29, 1.82) is 0 Å². The van der Waals surface area contributed by atoms with Crippen LogP contribution < -0.4 is 0 Å². The summed E-state index contributed by atoms with van der Waals surface area (Å²) < 4.78 is 1.77. The van der Waals surface area contributed by atoms with Crippen molar-refractivity contribution < 1.29 is 4.79 Å². The molecule has 0 spiro atoms. The van der Waals surface area contributed by atoms with Crippen molar-refractivity contribution in [3.05, 3.63) is 64.8 Å². The van der Waals surface area contributed by atoms with Crippen LogP contribution in [0.2, 0.25) is 0 Å². The van der Waals surface area contributed by atoms with Crippen molar-refractivity contribution in [2.24, 2.45) is 7.05 Å². The predicted octanol–water partition coefficient (Wildman–Crippen LogP) is 3.12. The smallest absolute Gasteiger partial charge is 0.208 e. The van der Waals surface area contributed by atoms with E-state index < -0.39 is 0 Å². The van der Waals surface area contributed by atoms with Crippen LogP contribution in [0.5, 0.6) is 0 Å². The summed E-state index contributed by atoms with van der Waals surface area (Å²) in [5, 5.41) is 0. The maximum Gasteiger partial charge on any atom is 0.208 e. The second-order valence-corrected chi connectivity index (χ2v) is 3.87. The molecule has 17 heavy (non-hydrogen) atoms. The normalized spacial score (nSPS) is 9.94. The molecule has 1 aromatic carbocycles. The van der Waals surface area contributed by atoms with E-state index in [2.05, 4.69) is 4.85 Å². The van der Waals surface area contributed by atoms with Gasteiger partial charge < -0.3 is 4.57 Å². The summed E-state index contributed by atoms with van der Waals surface area (Å²) in [6.45, 7) is 8.88. The van der Waals surface area contributed by atoms with Crippen molar-refractivity contribution in [1.82, 2.24) is 4.57 Å². The van der Waals surface area contributed by atoms with Crippen LogP contribution in [0.3, 0.4) is 0 Å². The molecule has 84 valence electrons. The maximum atomic E-state index is 12.2. The maximum absolute atomic E-state index is 12.2. The standard InChI is InChI=1S/C14H12N2O/c1-10-12(15-2)9-13(16(10)3)14(17)11-7-5-4-6-8-11/h4-9H,1,3H3. The molecule has 0 aliphatic carbocycles. The van der Waals surface area contributed by atoms with Crippen molar-refractivity contribution in [2.45, 2.75) is 6.92 Å². The lowest BCUT2D eigenvalue weighted by Crippen LogP contribution is -2.07. The lowest BCUT2D eigenvalue weighted by Gasteiger charge is -2.04. The van der Waals surface area contributed by atoms with Crippen LogP contribution in [0, 0.1) is 13.5 Å². The van der Waals surface area contributed by atoms with Gasteiger partial charge in [-0.2, -0.15) is 0 Å². The Balaban J connectivity index is 2.50. The number of hydrogen-bond donors (Lipinski definition) is 0. The van der Waals surface area contributed by atoms with Crippen LogP contribution in [0.4, 0.5) is 5.69 Å². The van der Waals surface area contributed by atoms with E-state index in [-0.39, 0.29) is 5.78 Å². The average molecular weight is 224 g/mol. The van der Waals surface area contributed by atoms with Crippen molar-refractivity contribution in [3.8, 4) is 0 Å². The molecule has 0 aliphatic rings. The van der Waals surface area contributed by atoms with E-state index in [1.807, 2.05) is 25.1 Å². The second-order valence-electron chi connectivity index (χ2n) is 3.87. The minimum absolute atomic E-state index is 0.0499. The minimum atomic E-state index is -0.0499. The monoisotopic (exact) mass is 224 g/mol. The van der Waals surface area contributed by atoms with Crippen molar-refractivity contribution in [2.75, 3.05) is 0 Å². The summed E-state index contributed by atoms with van der Waals surface area (Å²) in [6.07, 6.45) is 0. The van der Waals surface area contributed by atoms with Crippen LogP contribution in [0.25, 0.3) is 4.85 Å². The Morgan fingerprint density at radius 2 is 1.94 bits per heavy atom. The largest absolute Gasteiger partial charge is 0.356 e. The molecule has 0 atom stereocenters. The summed E-state index contributed by atoms with van der Waals surface area (Å²) in [5.41, 5.74) is 2.55. The van der Waals surface area contributed by atoms with E-state index in [0.717, 1.165) is 5.69 Å². The zero-order valence-electron chi connectivity index (χ0n) is 9.77. The van der Waals surface area contributed by atoms with Gasteiger partial charge in [0, 0.05) is 18.3 Å². The Bertz CT molecular complexity index is 603. The quantitative estimate of drug-likeness (QED) is 0.568. The van der Waals surface area contributed by atoms with E-state index in [0.29, 0.717) is 16.9 Å². The Kier molecular flexibility index (Phi) is 2.80. The SMILES string of the molecule is [C-]#[N+]c1cc(C(=O)c2ccccc2)n(C)c1C. The van der Waals surface area contributed by atoms with Crippen LogP contribution in [-0.2, 0) is 7.05 Å². The van der Waals surface area contributed by atoms with Gasteiger partial charge in [-0.1, -0.05) is 30.3 Å². The molecule has 0 bridgehead atoms. The highest BCUT2D eigenvalue weighted by molar-refractivity contribution is 6.08. The fourth-order valence-corrected chi connectivity index (χ4v) is 1.75. The number of aromatic nitrogens is 1. The van der Waals surface area contributed by atoms with Crippen molar-refractivity contribution in [3.63, 3.8) is 0 Å². The molecule has 0 saturated heterocycles. The van der Waals surface area contributed by atoms with Gasteiger partial charge in [0.1, 0.15) is 0 Å². The van der Waals surface area contributed by atoms with Crippen LogP contribution in [0.15, 0.2) is 36.4 Å². The molecule has 0 aliphatic heterocycles. The van der Waals surface area contributed by atoms with Gasteiger partial charge in [-0.15, -0.1) is 0 Å². The molecule has 1 heterocycles. The average Bonchev–Trinajstić information content (AvgIpc) is 2.66. The third-order valence-electron chi connectivity index (χ3n) is 2.90. The van der Waals surface area contributed by atoms with Crippen LogP contribution in [-0.4, -0.2) is 10.4 Å². The van der Waals surface area contributed by atoms with Crippen molar-refractivity contribution >= 4 is 11.5 Å². The van der Waals surface area contributed by atoms with Crippen LogP contribution >= 0.6 is 0 Å². The number of carbonyl (C=O) groups excluding carboxylic acids is 1. The lowest BCUT2D eigenvalue weighted by molar-refractivity contribution is 0.103. The molecule has 0 amide bonds. The molecular weight excluding hydrogens is 212 g/mol. The predicted molar refractivity (Wildman–Crippen MR) is 66.3 cm³/mol. The fourth-order valence-electron chi connectivity index (χ4n) is 1.75. The fraction of sp³-hybridized carbons (Fsp3) is 0.143. The van der Waals surface area contributed by atoms with Gasteiger partial charge in [0.15, 0.2) is 0 Å². The molecule has 0 N–H and O–H groups in total. The van der Waals surface area contributed by atoms with Gasteiger partial charge in [0.05, 0.1) is 12.3 Å². The molecule has 0 unspecified atom stereocenters. The number of carbonyl (C=O) groups is 1. The van der Waals surface area contributed by atoms with Gasteiger partial charge in [0.25, 0.3) is 0 Å². The summed E-state index contributed by atoms with van der Waals surface area (Å²) in [4.78, 5) is 15.6. The number of hydrogen-bond acceptors (Lipinski definition) is 1. The summed E-state index contributed by atoms with van der Waals surface area (Å²) in [6, 6.07) is 10.7.